The minimum Gasteiger partial charge on any atom is -0.504 e. The van der Waals surface area contributed by atoms with Gasteiger partial charge in [-0.15, -0.1) is 0 Å². The van der Waals surface area contributed by atoms with Crippen molar-refractivity contribution in [2.24, 2.45) is 23.7 Å². The second kappa shape index (κ2) is 10.8. The molecule has 2 aliphatic heterocycles. The maximum atomic E-state index is 15.2. The number of rotatable bonds is 4. The maximum absolute atomic E-state index is 15.2. The number of aromatic hydroxyl groups is 1. The molecule has 2 heterocycles. The van der Waals surface area contributed by atoms with E-state index in [0.717, 1.165) is 7.11 Å². The fourth-order valence-electron chi connectivity index (χ4n) is 8.26. The molecule has 0 aromatic heterocycles. The van der Waals surface area contributed by atoms with E-state index in [1.807, 2.05) is 24.3 Å². The Morgan fingerprint density at radius 2 is 1.67 bits per heavy atom. The molecule has 3 aromatic carbocycles. The second-order valence-corrected chi connectivity index (χ2v) is 12.4. The van der Waals surface area contributed by atoms with Gasteiger partial charge in [0.25, 0.3) is 0 Å². The number of imide groups is 4. The van der Waals surface area contributed by atoms with Crippen LogP contribution in [-0.4, -0.2) is 53.9 Å². The highest BCUT2D eigenvalue weighted by atomic mass is 35.5. The van der Waals surface area contributed by atoms with Crippen molar-refractivity contribution in [3.8, 4) is 11.5 Å². The van der Waals surface area contributed by atoms with E-state index >= 15 is 4.79 Å². The molecule has 2 saturated heterocycles. The quantitative estimate of drug-likeness (QED) is 0.312. The maximum Gasteiger partial charge on any atom is 0.423 e. The second-order valence-electron chi connectivity index (χ2n) is 12.0. The van der Waals surface area contributed by atoms with Gasteiger partial charge in [0.05, 0.1) is 43.1 Å². The summed E-state index contributed by atoms with van der Waals surface area (Å²) in [7, 11) is 2.52. The number of hydrogen-bond acceptors (Lipinski definition) is 8. The van der Waals surface area contributed by atoms with E-state index in [0.29, 0.717) is 32.3 Å². The summed E-state index contributed by atoms with van der Waals surface area (Å²) in [5.41, 5.74) is 0.718. The average Bonchev–Trinajstić information content (AvgIpc) is 3.45. The van der Waals surface area contributed by atoms with Crippen LogP contribution in [0.25, 0.3) is 0 Å². The van der Waals surface area contributed by atoms with E-state index in [9.17, 15) is 24.3 Å². The number of likely N-dealkylation sites (tertiary alicyclic amines) is 1. The van der Waals surface area contributed by atoms with Gasteiger partial charge in [0.15, 0.2) is 11.5 Å². The third kappa shape index (κ3) is 3.99. The minimum atomic E-state index is -1.48. The Balaban J connectivity index is 1.50. The van der Waals surface area contributed by atoms with Gasteiger partial charge >= 0.3 is 6.09 Å². The van der Waals surface area contributed by atoms with Gasteiger partial charge in [-0.25, -0.2) is 9.69 Å². The monoisotopic (exact) mass is 640 g/mol. The number of fused-ring (bicyclic) bond motifs is 4. The summed E-state index contributed by atoms with van der Waals surface area (Å²) in [6.07, 6.45) is 1.04. The lowest BCUT2D eigenvalue weighted by Gasteiger charge is -2.50. The summed E-state index contributed by atoms with van der Waals surface area (Å²) in [5, 5.41) is 10.9. The number of hydrogen-bond donors (Lipinski definition) is 1. The number of ether oxygens (including phenoxy) is 2. The van der Waals surface area contributed by atoms with Crippen LogP contribution in [0.2, 0.25) is 5.02 Å². The number of carbonyl (C=O) groups excluding carboxylic acids is 5. The van der Waals surface area contributed by atoms with Crippen LogP contribution >= 0.6 is 11.6 Å². The molecule has 234 valence electrons. The lowest BCUT2D eigenvalue weighted by atomic mass is 9.49. The van der Waals surface area contributed by atoms with Gasteiger partial charge in [0.2, 0.25) is 23.6 Å². The van der Waals surface area contributed by atoms with E-state index in [2.05, 4.69) is 0 Å². The summed E-state index contributed by atoms with van der Waals surface area (Å²) in [6, 6.07) is 20.4. The van der Waals surface area contributed by atoms with Crippen molar-refractivity contribution in [3.05, 3.63) is 101 Å². The number of anilines is 1. The summed E-state index contributed by atoms with van der Waals surface area (Å²) in [5.74, 6) is -6.40. The molecule has 0 unspecified atom stereocenters. The molecule has 11 heteroatoms. The van der Waals surface area contributed by atoms with E-state index in [1.54, 1.807) is 48.5 Å². The predicted octanol–water partition coefficient (Wildman–Crippen LogP) is 4.98. The molecule has 4 aliphatic rings. The molecule has 2 aliphatic carbocycles. The number of carbonyl (C=O) groups is 5. The Hall–Kier alpha value is -4.96. The van der Waals surface area contributed by atoms with Crippen LogP contribution in [0.3, 0.4) is 0 Å². The SMILES string of the molecule is COC(=O)N1C(=O)[C@H]2[C@H](CC=C3[C@H]2C[C@H]2C(=O)N(c4cccc(Cl)c4)C(=O)[C@@]2(c2ccccc2)[C@H]3c2ccc(O)c(OC)c2)C1=O. The molecule has 0 bridgehead atoms. The largest absolute Gasteiger partial charge is 0.504 e. The van der Waals surface area contributed by atoms with Gasteiger partial charge in [-0.2, -0.15) is 4.90 Å². The Morgan fingerprint density at radius 1 is 0.913 bits per heavy atom. The Kier molecular flexibility index (Phi) is 7.01. The van der Waals surface area contributed by atoms with Crippen molar-refractivity contribution in [1.82, 2.24) is 4.90 Å². The number of nitrogens with zero attached hydrogens (tertiary/aromatic N) is 2. The molecule has 1 saturated carbocycles. The minimum absolute atomic E-state index is 0.0727. The van der Waals surface area contributed by atoms with Crippen molar-refractivity contribution in [2.45, 2.75) is 24.2 Å². The van der Waals surface area contributed by atoms with Crippen molar-refractivity contribution >= 4 is 47.0 Å². The third-order valence-electron chi connectivity index (χ3n) is 10.1. The van der Waals surface area contributed by atoms with Gasteiger partial charge in [0, 0.05) is 10.9 Å². The molecule has 6 atom stereocenters. The first-order valence-corrected chi connectivity index (χ1v) is 15.2. The molecule has 10 nitrogen and oxygen atoms in total. The number of allylic oxidation sites excluding steroid dienone is 2. The Labute approximate surface area is 269 Å². The van der Waals surface area contributed by atoms with Crippen LogP contribution < -0.4 is 9.64 Å². The van der Waals surface area contributed by atoms with E-state index < -0.39 is 64.7 Å². The van der Waals surface area contributed by atoms with Crippen molar-refractivity contribution < 1.29 is 38.6 Å². The zero-order valence-corrected chi connectivity index (χ0v) is 25.6. The van der Waals surface area contributed by atoms with Crippen LogP contribution in [0.15, 0.2) is 84.4 Å². The first kappa shape index (κ1) is 29.7. The molecule has 3 aromatic rings. The van der Waals surface area contributed by atoms with Crippen LogP contribution in [0.1, 0.15) is 29.9 Å². The average molecular weight is 641 g/mol. The first-order valence-electron chi connectivity index (χ1n) is 14.9. The smallest absolute Gasteiger partial charge is 0.423 e. The molecule has 7 rings (SSSR count). The molecule has 1 N–H and O–H groups in total. The summed E-state index contributed by atoms with van der Waals surface area (Å²) in [4.78, 5) is 71.3. The van der Waals surface area contributed by atoms with E-state index in [4.69, 9.17) is 21.1 Å². The van der Waals surface area contributed by atoms with Crippen molar-refractivity contribution in [3.63, 3.8) is 0 Å². The van der Waals surface area contributed by atoms with Crippen LogP contribution in [0.5, 0.6) is 11.5 Å². The highest BCUT2D eigenvalue weighted by Gasteiger charge is 2.70. The highest BCUT2D eigenvalue weighted by Crippen LogP contribution is 2.64. The number of benzene rings is 3. The third-order valence-corrected chi connectivity index (χ3v) is 10.3. The zero-order valence-electron chi connectivity index (χ0n) is 24.9. The molecule has 0 spiro atoms. The first-order chi connectivity index (χ1) is 22.1. The molecule has 3 fully saturated rings. The van der Waals surface area contributed by atoms with Gasteiger partial charge in [-0.05, 0) is 60.2 Å². The van der Waals surface area contributed by atoms with Gasteiger partial charge in [-0.1, -0.05) is 65.7 Å². The molecule has 5 amide bonds. The van der Waals surface area contributed by atoms with Gasteiger partial charge in [-0.3, -0.25) is 19.2 Å². The lowest BCUT2D eigenvalue weighted by molar-refractivity contribution is -0.138. The van der Waals surface area contributed by atoms with Crippen molar-refractivity contribution in [1.29, 1.82) is 0 Å². The standard InChI is InChI=1S/C35H29ClN2O8/c1-45-27-15-18(11-14-26(27)39)29-22-12-13-23-28(32(42)38(30(23)40)34(44)46-2)24(22)17-25-31(41)37(21-10-6-9-20(36)16-21)33(43)35(25,29)19-7-4-3-5-8-19/h3-12,14-16,23-25,28-29,39H,13,17H2,1-2H3/t23-,24+,25-,28-,29-,35+/m0/s1. The number of phenols is 1. The summed E-state index contributed by atoms with van der Waals surface area (Å²) >= 11 is 6.33. The predicted molar refractivity (Wildman–Crippen MR) is 165 cm³/mol. The molecular weight excluding hydrogens is 612 g/mol. The summed E-state index contributed by atoms with van der Waals surface area (Å²) in [6.45, 7) is 0. The fourth-order valence-corrected chi connectivity index (χ4v) is 8.45. The number of phenolic OH excluding ortho intramolecular Hbond substituents is 1. The van der Waals surface area contributed by atoms with E-state index in [-0.39, 0.29) is 24.3 Å². The summed E-state index contributed by atoms with van der Waals surface area (Å²) < 4.78 is 10.2. The zero-order chi connectivity index (χ0) is 32.5. The fraction of sp³-hybridized carbons (Fsp3) is 0.286. The normalized spacial score (nSPS) is 28.4. The van der Waals surface area contributed by atoms with Crippen LogP contribution in [0.4, 0.5) is 10.5 Å². The molecule has 0 radical (unpaired) electrons. The lowest BCUT2D eigenvalue weighted by Crippen LogP contribution is -2.53. The molecular formula is C35H29ClN2O8. The van der Waals surface area contributed by atoms with Crippen LogP contribution in [0, 0.1) is 23.7 Å². The Morgan fingerprint density at radius 3 is 2.37 bits per heavy atom. The topological polar surface area (TPSA) is 131 Å². The Bertz CT molecular complexity index is 1860. The number of amides is 5. The van der Waals surface area contributed by atoms with E-state index in [1.165, 1.54) is 18.1 Å². The number of methoxy groups -OCH3 is 2. The number of halogens is 1. The van der Waals surface area contributed by atoms with Gasteiger partial charge in [0.1, 0.15) is 0 Å². The van der Waals surface area contributed by atoms with Gasteiger partial charge < -0.3 is 14.6 Å². The molecule has 46 heavy (non-hydrogen) atoms. The highest BCUT2D eigenvalue weighted by molar-refractivity contribution is 6.32. The van der Waals surface area contributed by atoms with Crippen molar-refractivity contribution in [2.75, 3.05) is 19.1 Å². The van der Waals surface area contributed by atoms with Crippen LogP contribution in [-0.2, 0) is 29.3 Å².